The standard InChI is InChI=1S/C10H15N3O2/c1-6-2-3-8(7(11)4-6)13-5-9(14)10(12)15/h2-4,9,13-14H,5,11H2,1H3,(H2,12,15). The first-order valence-corrected chi connectivity index (χ1v) is 4.58. The van der Waals surface area contributed by atoms with Gasteiger partial charge in [0.25, 0.3) is 0 Å². The summed E-state index contributed by atoms with van der Waals surface area (Å²) in [7, 11) is 0. The number of aliphatic hydroxyl groups is 1. The van der Waals surface area contributed by atoms with Crippen LogP contribution in [0.1, 0.15) is 5.56 Å². The molecule has 1 aromatic carbocycles. The average molecular weight is 209 g/mol. The van der Waals surface area contributed by atoms with Crippen molar-refractivity contribution in [3.8, 4) is 0 Å². The predicted molar refractivity (Wildman–Crippen MR) is 59.3 cm³/mol. The lowest BCUT2D eigenvalue weighted by Crippen LogP contribution is -2.34. The maximum atomic E-state index is 10.6. The van der Waals surface area contributed by atoms with Crippen LogP contribution in [0, 0.1) is 6.92 Å². The van der Waals surface area contributed by atoms with Crippen molar-refractivity contribution in [3.05, 3.63) is 23.8 Å². The van der Waals surface area contributed by atoms with Crippen LogP contribution in [0.25, 0.3) is 0 Å². The molecule has 0 fully saturated rings. The zero-order valence-electron chi connectivity index (χ0n) is 8.53. The van der Waals surface area contributed by atoms with Crippen molar-refractivity contribution in [2.45, 2.75) is 13.0 Å². The van der Waals surface area contributed by atoms with Gasteiger partial charge in [-0.15, -0.1) is 0 Å². The maximum absolute atomic E-state index is 10.6. The first kappa shape index (κ1) is 11.3. The summed E-state index contributed by atoms with van der Waals surface area (Å²) >= 11 is 0. The number of amides is 1. The second-order valence-electron chi connectivity index (χ2n) is 3.39. The molecule has 0 aromatic heterocycles. The molecule has 82 valence electrons. The molecule has 5 nitrogen and oxygen atoms in total. The molecule has 0 radical (unpaired) electrons. The van der Waals surface area contributed by atoms with E-state index in [0.29, 0.717) is 11.4 Å². The number of nitrogens with one attached hydrogen (secondary N) is 1. The molecular formula is C10H15N3O2. The summed E-state index contributed by atoms with van der Waals surface area (Å²) < 4.78 is 0. The van der Waals surface area contributed by atoms with Crippen LogP contribution in [0.4, 0.5) is 11.4 Å². The highest BCUT2D eigenvalue weighted by atomic mass is 16.3. The Labute approximate surface area is 88.1 Å². The van der Waals surface area contributed by atoms with Crippen molar-refractivity contribution in [1.29, 1.82) is 0 Å². The van der Waals surface area contributed by atoms with Crippen LogP contribution in [-0.4, -0.2) is 23.7 Å². The summed E-state index contributed by atoms with van der Waals surface area (Å²) in [6.45, 7) is 1.99. The Kier molecular flexibility index (Phi) is 3.51. The van der Waals surface area contributed by atoms with Gasteiger partial charge in [0, 0.05) is 6.54 Å². The zero-order chi connectivity index (χ0) is 11.4. The molecule has 0 bridgehead atoms. The molecule has 0 aliphatic carbocycles. The highest BCUT2D eigenvalue weighted by molar-refractivity contribution is 5.79. The zero-order valence-corrected chi connectivity index (χ0v) is 8.53. The van der Waals surface area contributed by atoms with Gasteiger partial charge in [0.15, 0.2) is 0 Å². The van der Waals surface area contributed by atoms with Gasteiger partial charge in [-0.1, -0.05) is 6.07 Å². The predicted octanol–water partition coefficient (Wildman–Crippen LogP) is -0.165. The van der Waals surface area contributed by atoms with E-state index in [-0.39, 0.29) is 6.54 Å². The van der Waals surface area contributed by atoms with Crippen LogP contribution in [0.5, 0.6) is 0 Å². The number of rotatable bonds is 4. The lowest BCUT2D eigenvalue weighted by atomic mass is 10.2. The van der Waals surface area contributed by atoms with Crippen molar-refractivity contribution in [3.63, 3.8) is 0 Å². The van der Waals surface area contributed by atoms with E-state index in [1.54, 1.807) is 12.1 Å². The molecule has 15 heavy (non-hydrogen) atoms. The quantitative estimate of drug-likeness (QED) is 0.517. The number of hydrogen-bond acceptors (Lipinski definition) is 4. The topological polar surface area (TPSA) is 101 Å². The Morgan fingerprint density at radius 1 is 1.60 bits per heavy atom. The molecule has 1 unspecified atom stereocenters. The van der Waals surface area contributed by atoms with Gasteiger partial charge in [0.05, 0.1) is 11.4 Å². The molecule has 6 N–H and O–H groups in total. The Morgan fingerprint density at radius 3 is 2.80 bits per heavy atom. The Bertz CT molecular complexity index is 366. The highest BCUT2D eigenvalue weighted by Gasteiger charge is 2.10. The van der Waals surface area contributed by atoms with Gasteiger partial charge in [-0.05, 0) is 24.6 Å². The van der Waals surface area contributed by atoms with Crippen LogP contribution in [0.15, 0.2) is 18.2 Å². The smallest absolute Gasteiger partial charge is 0.248 e. The van der Waals surface area contributed by atoms with Gasteiger partial charge in [-0.2, -0.15) is 0 Å². The lowest BCUT2D eigenvalue weighted by molar-refractivity contribution is -0.125. The summed E-state index contributed by atoms with van der Waals surface area (Å²) in [5, 5.41) is 12.0. The average Bonchev–Trinajstić information content (AvgIpc) is 2.15. The summed E-state index contributed by atoms with van der Waals surface area (Å²) in [4.78, 5) is 10.6. The molecule has 0 heterocycles. The van der Waals surface area contributed by atoms with Crippen LogP contribution >= 0.6 is 0 Å². The van der Waals surface area contributed by atoms with E-state index in [1.807, 2.05) is 13.0 Å². The third-order valence-electron chi connectivity index (χ3n) is 2.02. The Morgan fingerprint density at radius 2 is 2.27 bits per heavy atom. The maximum Gasteiger partial charge on any atom is 0.248 e. The molecule has 1 aromatic rings. The first-order chi connectivity index (χ1) is 7.00. The van der Waals surface area contributed by atoms with Gasteiger partial charge in [-0.25, -0.2) is 0 Å². The number of carbonyl (C=O) groups excluding carboxylic acids is 1. The fraction of sp³-hybridized carbons (Fsp3) is 0.300. The monoisotopic (exact) mass is 209 g/mol. The molecule has 0 saturated heterocycles. The van der Waals surface area contributed by atoms with Crippen LogP contribution < -0.4 is 16.8 Å². The minimum absolute atomic E-state index is 0.0581. The number of nitrogens with two attached hydrogens (primary N) is 2. The van der Waals surface area contributed by atoms with Crippen LogP contribution in [0.3, 0.4) is 0 Å². The number of aliphatic hydroxyl groups excluding tert-OH is 1. The number of primary amides is 1. The van der Waals surface area contributed by atoms with Gasteiger partial charge in [-0.3, -0.25) is 4.79 Å². The van der Waals surface area contributed by atoms with E-state index in [4.69, 9.17) is 16.6 Å². The fourth-order valence-corrected chi connectivity index (χ4v) is 1.15. The summed E-state index contributed by atoms with van der Waals surface area (Å²) in [5.41, 5.74) is 12.9. The molecule has 0 spiro atoms. The Hall–Kier alpha value is -1.75. The summed E-state index contributed by atoms with van der Waals surface area (Å²) in [6.07, 6.45) is -1.20. The largest absolute Gasteiger partial charge is 0.397 e. The van der Waals surface area contributed by atoms with Crippen LogP contribution in [-0.2, 0) is 4.79 Å². The van der Waals surface area contributed by atoms with Crippen molar-refractivity contribution in [2.75, 3.05) is 17.6 Å². The molecule has 1 amide bonds. The van der Waals surface area contributed by atoms with Gasteiger partial charge < -0.3 is 21.9 Å². The summed E-state index contributed by atoms with van der Waals surface area (Å²) in [5.74, 6) is -0.756. The SMILES string of the molecule is Cc1ccc(NCC(O)C(N)=O)c(N)c1. The molecule has 0 aliphatic heterocycles. The van der Waals surface area contributed by atoms with Crippen LogP contribution in [0.2, 0.25) is 0 Å². The molecule has 1 rings (SSSR count). The molecule has 1 atom stereocenters. The minimum atomic E-state index is -1.20. The normalized spacial score (nSPS) is 12.1. The van der Waals surface area contributed by atoms with E-state index in [1.165, 1.54) is 0 Å². The van der Waals surface area contributed by atoms with E-state index in [2.05, 4.69) is 5.32 Å². The van der Waals surface area contributed by atoms with E-state index < -0.39 is 12.0 Å². The molecular weight excluding hydrogens is 194 g/mol. The van der Waals surface area contributed by atoms with Crippen molar-refractivity contribution in [1.82, 2.24) is 0 Å². The number of benzene rings is 1. The second kappa shape index (κ2) is 4.65. The number of carbonyl (C=O) groups is 1. The third-order valence-corrected chi connectivity index (χ3v) is 2.02. The highest BCUT2D eigenvalue weighted by Crippen LogP contribution is 2.18. The molecule has 0 aliphatic rings. The number of hydrogen-bond donors (Lipinski definition) is 4. The fourth-order valence-electron chi connectivity index (χ4n) is 1.15. The van der Waals surface area contributed by atoms with E-state index >= 15 is 0 Å². The number of anilines is 2. The van der Waals surface area contributed by atoms with Gasteiger partial charge >= 0.3 is 0 Å². The molecule has 5 heteroatoms. The van der Waals surface area contributed by atoms with Gasteiger partial charge in [0.2, 0.25) is 5.91 Å². The number of aryl methyl sites for hydroxylation is 1. The van der Waals surface area contributed by atoms with Gasteiger partial charge in [0.1, 0.15) is 6.10 Å². The van der Waals surface area contributed by atoms with E-state index in [0.717, 1.165) is 5.56 Å². The van der Waals surface area contributed by atoms with Crippen molar-refractivity contribution in [2.24, 2.45) is 5.73 Å². The summed E-state index contributed by atoms with van der Waals surface area (Å²) in [6, 6.07) is 5.48. The molecule has 0 saturated carbocycles. The van der Waals surface area contributed by atoms with Crippen molar-refractivity contribution >= 4 is 17.3 Å². The first-order valence-electron chi connectivity index (χ1n) is 4.58. The number of nitrogen functional groups attached to an aromatic ring is 1. The van der Waals surface area contributed by atoms with E-state index in [9.17, 15) is 4.79 Å². The minimum Gasteiger partial charge on any atom is -0.397 e. The Balaban J connectivity index is 2.62. The third kappa shape index (κ3) is 3.14. The second-order valence-corrected chi connectivity index (χ2v) is 3.39. The van der Waals surface area contributed by atoms with Crippen molar-refractivity contribution < 1.29 is 9.90 Å². The lowest BCUT2D eigenvalue weighted by Gasteiger charge is -2.12.